The van der Waals surface area contributed by atoms with Crippen molar-refractivity contribution in [3.8, 4) is 11.5 Å². The van der Waals surface area contributed by atoms with Crippen molar-refractivity contribution in [3.63, 3.8) is 0 Å². The average Bonchev–Trinajstić information content (AvgIpc) is 2.95. The van der Waals surface area contributed by atoms with Crippen LogP contribution in [-0.4, -0.2) is 43.2 Å². The molecule has 0 spiro atoms. The maximum Gasteiger partial charge on any atom is 0.255 e. The minimum absolute atomic E-state index is 0.125. The zero-order valence-corrected chi connectivity index (χ0v) is 16.9. The van der Waals surface area contributed by atoms with Gasteiger partial charge in [0.1, 0.15) is 5.82 Å². The number of hydrogen-bond donors (Lipinski definition) is 1. The van der Waals surface area contributed by atoms with Crippen LogP contribution in [0, 0.1) is 5.82 Å². The summed E-state index contributed by atoms with van der Waals surface area (Å²) in [5.74, 6) is 0.678. The van der Waals surface area contributed by atoms with Gasteiger partial charge in [0, 0.05) is 24.7 Å². The topological polar surface area (TPSA) is 50.8 Å². The lowest BCUT2D eigenvalue weighted by atomic mass is 9.96. The molecule has 2 aromatic rings. The second-order valence-electron chi connectivity index (χ2n) is 7.87. The lowest BCUT2D eigenvalue weighted by Crippen LogP contribution is -2.50. The summed E-state index contributed by atoms with van der Waals surface area (Å²) in [6, 6.07) is 13.1. The quantitative estimate of drug-likeness (QED) is 0.805. The fraction of sp³-hybridized carbons (Fsp3) is 0.435. The molecular weight excluding hydrogens is 371 g/mol. The molecular formula is C23H27FN2O3. The maximum absolute atomic E-state index is 13.5. The standard InChI is InChI=1S/C23H27FN2O3/c1-28-21-8-4-7-20(22(21)29-2)23(27)25-17-12-18-9-10-19(13-17)26(18)14-15-5-3-6-16(24)11-15/h3-8,11,17-19H,9-10,12-14H2,1-2H3,(H,25,27)/t17?,18-,19+. The van der Waals surface area contributed by atoms with E-state index in [0.29, 0.717) is 29.1 Å². The van der Waals surface area contributed by atoms with Crippen molar-refractivity contribution < 1.29 is 18.7 Å². The van der Waals surface area contributed by atoms with Gasteiger partial charge in [-0.3, -0.25) is 9.69 Å². The fourth-order valence-corrected chi connectivity index (χ4v) is 4.83. The Morgan fingerprint density at radius 3 is 2.48 bits per heavy atom. The van der Waals surface area contributed by atoms with E-state index in [1.54, 1.807) is 44.6 Å². The van der Waals surface area contributed by atoms with Crippen LogP contribution in [0.4, 0.5) is 4.39 Å². The number of fused-ring (bicyclic) bond motifs is 2. The van der Waals surface area contributed by atoms with E-state index in [1.807, 2.05) is 6.07 Å². The van der Waals surface area contributed by atoms with Crippen LogP contribution in [0.15, 0.2) is 42.5 Å². The molecule has 1 N–H and O–H groups in total. The van der Waals surface area contributed by atoms with Crippen molar-refractivity contribution in [2.24, 2.45) is 0 Å². The summed E-state index contributed by atoms with van der Waals surface area (Å²) in [4.78, 5) is 15.4. The second kappa shape index (κ2) is 8.41. The van der Waals surface area contributed by atoms with E-state index in [2.05, 4.69) is 10.2 Å². The summed E-state index contributed by atoms with van der Waals surface area (Å²) in [5, 5.41) is 3.19. The highest BCUT2D eigenvalue weighted by molar-refractivity contribution is 5.98. The Balaban J connectivity index is 1.42. The number of para-hydroxylation sites is 1. The molecule has 2 heterocycles. The molecule has 0 aliphatic carbocycles. The smallest absolute Gasteiger partial charge is 0.255 e. The first-order valence-corrected chi connectivity index (χ1v) is 10.1. The Hall–Kier alpha value is -2.60. The van der Waals surface area contributed by atoms with Gasteiger partial charge in [-0.25, -0.2) is 4.39 Å². The molecule has 2 saturated heterocycles. The van der Waals surface area contributed by atoms with E-state index in [-0.39, 0.29) is 17.8 Å². The summed E-state index contributed by atoms with van der Waals surface area (Å²) >= 11 is 0. The van der Waals surface area contributed by atoms with Crippen molar-refractivity contribution in [3.05, 3.63) is 59.4 Å². The summed E-state index contributed by atoms with van der Waals surface area (Å²) < 4.78 is 24.2. The van der Waals surface area contributed by atoms with Crippen LogP contribution in [0.2, 0.25) is 0 Å². The SMILES string of the molecule is COc1cccc(C(=O)NC2C[C@H]3CC[C@@H](C2)N3Cc2cccc(F)c2)c1OC. The van der Waals surface area contributed by atoms with Crippen molar-refractivity contribution >= 4 is 5.91 Å². The Morgan fingerprint density at radius 2 is 1.83 bits per heavy atom. The third kappa shape index (κ3) is 4.08. The van der Waals surface area contributed by atoms with Gasteiger partial charge in [-0.1, -0.05) is 18.2 Å². The van der Waals surface area contributed by atoms with Gasteiger partial charge in [0.15, 0.2) is 11.5 Å². The van der Waals surface area contributed by atoms with E-state index >= 15 is 0 Å². The summed E-state index contributed by atoms with van der Waals surface area (Å²) in [5.41, 5.74) is 1.49. The molecule has 2 aliphatic rings. The zero-order chi connectivity index (χ0) is 20.4. The highest BCUT2D eigenvalue weighted by Crippen LogP contribution is 2.37. The van der Waals surface area contributed by atoms with Crippen LogP contribution in [-0.2, 0) is 6.54 Å². The van der Waals surface area contributed by atoms with Gasteiger partial charge in [0.2, 0.25) is 0 Å². The molecule has 2 aliphatic heterocycles. The van der Waals surface area contributed by atoms with Crippen LogP contribution in [0.3, 0.4) is 0 Å². The number of halogens is 1. The van der Waals surface area contributed by atoms with Gasteiger partial charge in [0.05, 0.1) is 19.8 Å². The highest BCUT2D eigenvalue weighted by Gasteiger charge is 2.41. The lowest BCUT2D eigenvalue weighted by Gasteiger charge is -2.39. The molecule has 5 nitrogen and oxygen atoms in total. The maximum atomic E-state index is 13.5. The van der Waals surface area contributed by atoms with Crippen molar-refractivity contribution in [1.82, 2.24) is 10.2 Å². The highest BCUT2D eigenvalue weighted by atomic mass is 19.1. The van der Waals surface area contributed by atoms with Crippen molar-refractivity contribution in [2.45, 2.75) is 50.4 Å². The molecule has 6 heteroatoms. The summed E-state index contributed by atoms with van der Waals surface area (Å²) in [6.07, 6.45) is 4.05. The molecule has 2 fully saturated rings. The first-order valence-electron chi connectivity index (χ1n) is 10.1. The van der Waals surface area contributed by atoms with Gasteiger partial charge in [-0.2, -0.15) is 0 Å². The number of carbonyl (C=O) groups is 1. The summed E-state index contributed by atoms with van der Waals surface area (Å²) in [7, 11) is 3.10. The Labute approximate surface area is 170 Å². The van der Waals surface area contributed by atoms with Crippen LogP contribution >= 0.6 is 0 Å². The number of nitrogens with zero attached hydrogens (tertiary/aromatic N) is 1. The first kappa shape index (κ1) is 19.7. The van der Waals surface area contributed by atoms with Gasteiger partial charge in [0.25, 0.3) is 5.91 Å². The predicted octanol–water partition coefficient (Wildman–Crippen LogP) is 3.77. The van der Waals surface area contributed by atoms with Crippen LogP contribution in [0.1, 0.15) is 41.6 Å². The summed E-state index contributed by atoms with van der Waals surface area (Å²) in [6.45, 7) is 0.761. The molecule has 4 rings (SSSR count). The minimum Gasteiger partial charge on any atom is -0.493 e. The largest absolute Gasteiger partial charge is 0.493 e. The molecule has 29 heavy (non-hydrogen) atoms. The van der Waals surface area contributed by atoms with Gasteiger partial charge < -0.3 is 14.8 Å². The number of piperidine rings is 1. The van der Waals surface area contributed by atoms with E-state index in [9.17, 15) is 9.18 Å². The molecule has 3 atom stereocenters. The number of carbonyl (C=O) groups excluding carboxylic acids is 1. The normalized spacial score (nSPS) is 23.6. The van der Waals surface area contributed by atoms with E-state index < -0.39 is 0 Å². The lowest BCUT2D eigenvalue weighted by molar-refractivity contribution is 0.0824. The number of nitrogens with one attached hydrogen (secondary N) is 1. The average molecular weight is 398 g/mol. The Bertz CT molecular complexity index is 874. The fourth-order valence-electron chi connectivity index (χ4n) is 4.83. The van der Waals surface area contributed by atoms with E-state index in [0.717, 1.165) is 37.8 Å². The molecule has 0 radical (unpaired) electrons. The molecule has 1 unspecified atom stereocenters. The molecule has 154 valence electrons. The Morgan fingerprint density at radius 1 is 1.10 bits per heavy atom. The van der Waals surface area contributed by atoms with Crippen LogP contribution in [0.5, 0.6) is 11.5 Å². The number of methoxy groups -OCH3 is 2. The molecule has 2 bridgehead atoms. The van der Waals surface area contributed by atoms with Crippen molar-refractivity contribution in [2.75, 3.05) is 14.2 Å². The van der Waals surface area contributed by atoms with Gasteiger partial charge >= 0.3 is 0 Å². The molecule has 1 amide bonds. The molecule has 0 saturated carbocycles. The third-order valence-corrected chi connectivity index (χ3v) is 6.12. The zero-order valence-electron chi connectivity index (χ0n) is 16.9. The Kier molecular flexibility index (Phi) is 5.72. The second-order valence-corrected chi connectivity index (χ2v) is 7.87. The van der Waals surface area contributed by atoms with Crippen LogP contribution in [0.25, 0.3) is 0 Å². The predicted molar refractivity (Wildman–Crippen MR) is 109 cm³/mol. The minimum atomic E-state index is -0.191. The number of ether oxygens (including phenoxy) is 2. The monoisotopic (exact) mass is 398 g/mol. The van der Waals surface area contributed by atoms with E-state index in [1.165, 1.54) is 6.07 Å². The number of rotatable bonds is 6. The first-order chi connectivity index (χ1) is 14.1. The number of amides is 1. The molecule has 2 aromatic carbocycles. The van der Waals surface area contributed by atoms with Crippen LogP contribution < -0.4 is 14.8 Å². The van der Waals surface area contributed by atoms with Gasteiger partial charge in [-0.05, 0) is 55.5 Å². The van der Waals surface area contributed by atoms with Gasteiger partial charge in [-0.15, -0.1) is 0 Å². The van der Waals surface area contributed by atoms with Crippen molar-refractivity contribution in [1.29, 1.82) is 0 Å². The number of hydrogen-bond acceptors (Lipinski definition) is 4. The van der Waals surface area contributed by atoms with E-state index in [4.69, 9.17) is 9.47 Å². The third-order valence-electron chi connectivity index (χ3n) is 6.12. The molecule has 0 aromatic heterocycles. The number of benzene rings is 2.